The van der Waals surface area contributed by atoms with Crippen molar-refractivity contribution in [3.8, 4) is 11.4 Å². The molecule has 0 aromatic carbocycles. The summed E-state index contributed by atoms with van der Waals surface area (Å²) >= 11 is 0. The van der Waals surface area contributed by atoms with Crippen LogP contribution in [0.1, 0.15) is 0 Å². The Morgan fingerprint density at radius 1 is 1.08 bits per heavy atom. The highest BCUT2D eigenvalue weighted by Crippen LogP contribution is 2.08. The molecule has 2 aromatic rings. The number of hydrogen-bond acceptors (Lipinski definition) is 6. The lowest BCUT2D eigenvalue weighted by Crippen LogP contribution is -3.00. The van der Waals surface area contributed by atoms with Crippen LogP contribution in [0.3, 0.4) is 0 Å². The van der Waals surface area contributed by atoms with Crippen LogP contribution in [0.25, 0.3) is 11.4 Å². The lowest BCUT2D eigenvalue weighted by molar-refractivity contribution is -0.742. The maximum absolute atomic E-state index is 11.7. The zero-order chi connectivity index (χ0) is 17.4. The molecule has 0 saturated heterocycles. The summed E-state index contributed by atoms with van der Waals surface area (Å²) < 4.78 is 1.39. The van der Waals surface area contributed by atoms with Gasteiger partial charge in [0.1, 0.15) is 12.7 Å². The number of carboxylic acid groups (broad SMARTS) is 1. The Labute approximate surface area is 148 Å². The van der Waals surface area contributed by atoms with Crippen LogP contribution in [-0.2, 0) is 20.9 Å². The van der Waals surface area contributed by atoms with E-state index in [0.717, 1.165) is 0 Å². The third-order valence-corrected chi connectivity index (χ3v) is 2.78. The lowest BCUT2D eigenvalue weighted by atomic mass is 10.3. The van der Waals surface area contributed by atoms with E-state index in [1.165, 1.54) is 10.9 Å². The van der Waals surface area contributed by atoms with E-state index in [-0.39, 0.29) is 25.5 Å². The summed E-state index contributed by atoms with van der Waals surface area (Å²) in [6, 6.07) is 3.42. The van der Waals surface area contributed by atoms with Crippen molar-refractivity contribution in [2.45, 2.75) is 6.54 Å². The largest absolute Gasteiger partial charge is 1.00 e. The second-order valence-electron chi connectivity index (χ2n) is 4.63. The van der Waals surface area contributed by atoms with Gasteiger partial charge in [0, 0.05) is 24.0 Å². The molecule has 25 heavy (non-hydrogen) atoms. The van der Waals surface area contributed by atoms with Gasteiger partial charge in [-0.2, -0.15) is 0 Å². The van der Waals surface area contributed by atoms with Crippen LogP contribution >= 0.6 is 0 Å². The SMILES string of the molecule is O=C(O)CNC(=O)CNC(=O)C[n+]1ccc(-c2ncccn2)cn1.[Cl-]. The monoisotopic (exact) mass is 366 g/mol. The van der Waals surface area contributed by atoms with E-state index >= 15 is 0 Å². The first kappa shape index (κ1) is 19.9. The summed E-state index contributed by atoms with van der Waals surface area (Å²) in [5.41, 5.74) is 0.709. The number of amides is 2. The number of hydrogen-bond donors (Lipinski definition) is 3. The zero-order valence-electron chi connectivity index (χ0n) is 12.9. The van der Waals surface area contributed by atoms with Gasteiger partial charge in [-0.3, -0.25) is 14.4 Å². The van der Waals surface area contributed by atoms with Crippen molar-refractivity contribution in [1.82, 2.24) is 25.7 Å². The number of rotatable bonds is 7. The summed E-state index contributed by atoms with van der Waals surface area (Å²) in [5, 5.41) is 17.0. The van der Waals surface area contributed by atoms with E-state index in [4.69, 9.17) is 5.11 Å². The quantitative estimate of drug-likeness (QED) is 0.418. The van der Waals surface area contributed by atoms with Gasteiger partial charge in [0.05, 0.1) is 6.54 Å². The molecule has 2 heterocycles. The summed E-state index contributed by atoms with van der Waals surface area (Å²) in [5.74, 6) is -1.64. The van der Waals surface area contributed by atoms with Crippen LogP contribution in [0, 0.1) is 0 Å². The molecule has 0 aliphatic rings. The highest BCUT2D eigenvalue weighted by atomic mass is 35.5. The number of carbonyl (C=O) groups excluding carboxylic acids is 2. The summed E-state index contributed by atoms with van der Waals surface area (Å²) in [7, 11) is 0. The highest BCUT2D eigenvalue weighted by Gasteiger charge is 2.13. The first-order valence-electron chi connectivity index (χ1n) is 6.93. The molecule has 0 aliphatic carbocycles. The van der Waals surface area contributed by atoms with Crippen molar-refractivity contribution in [3.63, 3.8) is 0 Å². The van der Waals surface area contributed by atoms with Crippen molar-refractivity contribution in [2.75, 3.05) is 13.1 Å². The average molecular weight is 367 g/mol. The third kappa shape index (κ3) is 6.87. The van der Waals surface area contributed by atoms with Gasteiger partial charge in [0.15, 0.2) is 12.0 Å². The minimum absolute atomic E-state index is 0. The van der Waals surface area contributed by atoms with Gasteiger partial charge in [-0.15, -0.1) is 0 Å². The Morgan fingerprint density at radius 2 is 1.76 bits per heavy atom. The Morgan fingerprint density at radius 3 is 2.36 bits per heavy atom. The second-order valence-corrected chi connectivity index (χ2v) is 4.63. The number of nitrogens with one attached hydrogen (secondary N) is 2. The molecule has 0 aliphatic heterocycles. The molecular weight excluding hydrogens is 352 g/mol. The molecule has 0 bridgehead atoms. The van der Waals surface area contributed by atoms with Crippen LogP contribution in [0.2, 0.25) is 0 Å². The van der Waals surface area contributed by atoms with E-state index in [1.807, 2.05) is 0 Å². The Bertz CT molecular complexity index is 726. The van der Waals surface area contributed by atoms with Crippen molar-refractivity contribution < 1.29 is 36.6 Å². The topological polar surface area (TPSA) is 138 Å². The molecule has 11 heteroatoms. The molecule has 2 aromatic heterocycles. The molecule has 3 N–H and O–H groups in total. The minimum Gasteiger partial charge on any atom is -1.00 e. The lowest BCUT2D eigenvalue weighted by Gasteiger charge is -2.03. The summed E-state index contributed by atoms with van der Waals surface area (Å²) in [6.45, 7) is -0.876. The van der Waals surface area contributed by atoms with Crippen molar-refractivity contribution in [3.05, 3.63) is 36.9 Å². The van der Waals surface area contributed by atoms with Crippen molar-refractivity contribution >= 4 is 17.8 Å². The molecule has 10 nitrogen and oxygen atoms in total. The molecular formula is C14H15ClN6O4. The maximum Gasteiger partial charge on any atom is 0.322 e. The highest BCUT2D eigenvalue weighted by molar-refractivity contribution is 5.86. The van der Waals surface area contributed by atoms with Crippen LogP contribution in [-0.4, -0.2) is 51.0 Å². The predicted octanol–water partition coefficient (Wildman–Crippen LogP) is -4.85. The first-order chi connectivity index (χ1) is 11.5. The maximum atomic E-state index is 11.7. The third-order valence-electron chi connectivity index (χ3n) is 2.78. The Hall–Kier alpha value is -3.14. The second kappa shape index (κ2) is 9.88. The van der Waals surface area contributed by atoms with Crippen LogP contribution in [0.5, 0.6) is 0 Å². The van der Waals surface area contributed by atoms with E-state index < -0.39 is 24.3 Å². The van der Waals surface area contributed by atoms with E-state index in [1.54, 1.807) is 30.7 Å². The van der Waals surface area contributed by atoms with Gasteiger partial charge in [-0.05, 0) is 11.2 Å². The fourth-order valence-corrected chi connectivity index (χ4v) is 1.68. The number of carbonyl (C=O) groups is 3. The number of nitrogens with zero attached hydrogens (tertiary/aromatic N) is 4. The fourth-order valence-electron chi connectivity index (χ4n) is 1.68. The fraction of sp³-hybridized carbons (Fsp3) is 0.214. The molecule has 0 fully saturated rings. The van der Waals surface area contributed by atoms with Gasteiger partial charge in [0.2, 0.25) is 5.91 Å². The molecule has 0 saturated carbocycles. The van der Waals surface area contributed by atoms with Gasteiger partial charge >= 0.3 is 5.97 Å². The van der Waals surface area contributed by atoms with Gasteiger partial charge in [-0.25, -0.2) is 9.97 Å². The van der Waals surface area contributed by atoms with E-state index in [9.17, 15) is 14.4 Å². The Balaban J connectivity index is 0.00000312. The number of halogens is 1. The van der Waals surface area contributed by atoms with Crippen molar-refractivity contribution in [1.29, 1.82) is 0 Å². The van der Waals surface area contributed by atoms with Gasteiger partial charge in [0.25, 0.3) is 12.5 Å². The molecule has 0 spiro atoms. The standard InChI is InChI=1S/C14H14N6O4.ClH/c21-11(18-8-13(23)24)7-17-12(22)9-20-5-2-10(6-19-20)14-15-3-1-4-16-14;/h1-6H,7-9H2,(H2-,17,18,21,22,23,24);1H. The summed E-state index contributed by atoms with van der Waals surface area (Å²) in [6.07, 6.45) is 6.36. The number of aliphatic carboxylic acids is 1. The van der Waals surface area contributed by atoms with Crippen LogP contribution in [0.15, 0.2) is 36.9 Å². The zero-order valence-corrected chi connectivity index (χ0v) is 13.7. The van der Waals surface area contributed by atoms with Gasteiger partial charge < -0.3 is 28.1 Å². The molecule has 0 radical (unpaired) electrons. The van der Waals surface area contributed by atoms with Crippen LogP contribution in [0.4, 0.5) is 0 Å². The van der Waals surface area contributed by atoms with Crippen molar-refractivity contribution in [2.24, 2.45) is 0 Å². The molecule has 2 amide bonds. The smallest absolute Gasteiger partial charge is 0.322 e. The number of aromatic nitrogens is 4. The average Bonchev–Trinajstić information content (AvgIpc) is 2.59. The predicted molar refractivity (Wildman–Crippen MR) is 79.1 cm³/mol. The van der Waals surface area contributed by atoms with Gasteiger partial charge in [-0.1, -0.05) is 4.68 Å². The van der Waals surface area contributed by atoms with Crippen LogP contribution < -0.4 is 27.7 Å². The normalized spacial score (nSPS) is 9.60. The molecule has 132 valence electrons. The van der Waals surface area contributed by atoms with E-state index in [0.29, 0.717) is 11.4 Å². The van der Waals surface area contributed by atoms with E-state index in [2.05, 4.69) is 25.7 Å². The first-order valence-corrected chi connectivity index (χ1v) is 6.93. The minimum atomic E-state index is -1.16. The Kier molecular flexibility index (Phi) is 7.87. The molecule has 2 rings (SSSR count). The molecule has 0 unspecified atom stereocenters. The summed E-state index contributed by atoms with van der Waals surface area (Å²) in [4.78, 5) is 41.5. The molecule has 0 atom stereocenters. The number of carboxylic acids is 1.